The first-order valence-corrected chi connectivity index (χ1v) is 6.13. The van der Waals surface area contributed by atoms with Crippen LogP contribution in [-0.4, -0.2) is 9.67 Å². The van der Waals surface area contributed by atoms with E-state index in [0.717, 1.165) is 16.3 Å². The number of halogens is 1. The van der Waals surface area contributed by atoms with Gasteiger partial charge >= 0.3 is 0 Å². The maximum Gasteiger partial charge on any atom is 0.199 e. The van der Waals surface area contributed by atoms with Gasteiger partial charge in [-0.15, -0.1) is 0 Å². The molecule has 0 aliphatic rings. The van der Waals surface area contributed by atoms with Crippen molar-refractivity contribution >= 4 is 22.4 Å². The van der Waals surface area contributed by atoms with Gasteiger partial charge in [0, 0.05) is 22.0 Å². The summed E-state index contributed by atoms with van der Waals surface area (Å²) in [6, 6.07) is 15.6. The highest BCUT2D eigenvalue weighted by atomic mass is 35.5. The Balaban J connectivity index is 2.05. The van der Waals surface area contributed by atoms with Gasteiger partial charge in [0.2, 0.25) is 0 Å². The zero-order chi connectivity index (χ0) is 12.5. The van der Waals surface area contributed by atoms with E-state index >= 15 is 0 Å². The first-order chi connectivity index (χ1) is 8.74. The maximum atomic E-state index is 10.2. The van der Waals surface area contributed by atoms with E-state index in [4.69, 9.17) is 11.6 Å². The van der Waals surface area contributed by atoms with Gasteiger partial charge in [0.05, 0.1) is 6.54 Å². The number of aromatic hydroxyl groups is 1. The Morgan fingerprint density at radius 2 is 1.83 bits per heavy atom. The first-order valence-electron chi connectivity index (χ1n) is 5.75. The zero-order valence-electron chi connectivity index (χ0n) is 9.68. The van der Waals surface area contributed by atoms with Crippen molar-refractivity contribution in [1.82, 2.24) is 4.57 Å². The van der Waals surface area contributed by atoms with Crippen LogP contribution in [-0.2, 0) is 6.54 Å². The molecule has 0 atom stereocenters. The lowest BCUT2D eigenvalue weighted by molar-refractivity contribution is 0.430. The van der Waals surface area contributed by atoms with Crippen molar-refractivity contribution in [2.75, 3.05) is 0 Å². The number of hydrogen-bond acceptors (Lipinski definition) is 1. The van der Waals surface area contributed by atoms with E-state index in [0.29, 0.717) is 11.6 Å². The van der Waals surface area contributed by atoms with Crippen LogP contribution in [0, 0.1) is 0 Å². The van der Waals surface area contributed by atoms with Gasteiger partial charge in [-0.25, -0.2) is 0 Å². The summed E-state index contributed by atoms with van der Waals surface area (Å²) in [6.45, 7) is 0.652. The lowest BCUT2D eigenvalue weighted by Crippen LogP contribution is -1.96. The molecule has 1 N–H and O–H groups in total. The highest BCUT2D eigenvalue weighted by molar-refractivity contribution is 6.31. The van der Waals surface area contributed by atoms with Crippen LogP contribution in [0.1, 0.15) is 5.56 Å². The third-order valence-electron chi connectivity index (χ3n) is 3.02. The third-order valence-corrected chi connectivity index (χ3v) is 3.25. The average molecular weight is 258 g/mol. The largest absolute Gasteiger partial charge is 0.494 e. The fraction of sp³-hybridized carbons (Fsp3) is 0.0667. The number of aromatic nitrogens is 1. The summed E-state index contributed by atoms with van der Waals surface area (Å²) in [5.74, 6) is 0.261. The molecular weight excluding hydrogens is 246 g/mol. The van der Waals surface area contributed by atoms with Crippen LogP contribution in [0.25, 0.3) is 10.8 Å². The molecule has 3 heteroatoms. The second-order valence-electron chi connectivity index (χ2n) is 4.30. The molecule has 0 saturated carbocycles. The van der Waals surface area contributed by atoms with E-state index in [-0.39, 0.29) is 5.88 Å². The number of rotatable bonds is 2. The van der Waals surface area contributed by atoms with Crippen LogP contribution in [0.2, 0.25) is 5.02 Å². The van der Waals surface area contributed by atoms with Gasteiger partial charge in [-0.05, 0) is 17.7 Å². The zero-order valence-corrected chi connectivity index (χ0v) is 10.4. The molecule has 90 valence electrons. The Kier molecular flexibility index (Phi) is 2.73. The minimum atomic E-state index is 0.261. The van der Waals surface area contributed by atoms with Gasteiger partial charge in [-0.1, -0.05) is 48.0 Å². The van der Waals surface area contributed by atoms with E-state index in [1.165, 1.54) is 0 Å². The molecule has 0 bridgehead atoms. The van der Waals surface area contributed by atoms with Gasteiger partial charge in [-0.2, -0.15) is 0 Å². The minimum Gasteiger partial charge on any atom is -0.494 e. The van der Waals surface area contributed by atoms with Crippen molar-refractivity contribution < 1.29 is 5.11 Å². The van der Waals surface area contributed by atoms with Crippen molar-refractivity contribution in [1.29, 1.82) is 0 Å². The SMILES string of the molecule is Oc1c2cc(Cl)ccc2cn1Cc1ccccc1. The summed E-state index contributed by atoms with van der Waals surface area (Å²) in [5, 5.41) is 12.6. The Hall–Kier alpha value is -1.93. The molecule has 0 aliphatic carbocycles. The predicted molar refractivity (Wildman–Crippen MR) is 74.2 cm³/mol. The number of nitrogens with zero attached hydrogens (tertiary/aromatic N) is 1. The molecule has 0 fully saturated rings. The van der Waals surface area contributed by atoms with E-state index in [1.807, 2.05) is 53.2 Å². The average Bonchev–Trinajstić information content (AvgIpc) is 2.68. The summed E-state index contributed by atoms with van der Waals surface area (Å²) in [5.41, 5.74) is 1.15. The van der Waals surface area contributed by atoms with E-state index < -0.39 is 0 Å². The van der Waals surface area contributed by atoms with Crippen molar-refractivity contribution in [2.45, 2.75) is 6.54 Å². The fourth-order valence-corrected chi connectivity index (χ4v) is 2.29. The Labute approximate surface area is 110 Å². The predicted octanol–water partition coefficient (Wildman–Crippen LogP) is 4.05. The molecule has 3 rings (SSSR count). The third kappa shape index (κ3) is 1.95. The van der Waals surface area contributed by atoms with Crippen molar-refractivity contribution in [3.05, 3.63) is 65.3 Å². The fourth-order valence-electron chi connectivity index (χ4n) is 2.12. The Morgan fingerprint density at radius 1 is 1.06 bits per heavy atom. The number of benzene rings is 2. The summed E-state index contributed by atoms with van der Waals surface area (Å²) in [6.07, 6.45) is 1.94. The van der Waals surface area contributed by atoms with Crippen LogP contribution < -0.4 is 0 Å². The summed E-state index contributed by atoms with van der Waals surface area (Å²) >= 11 is 5.94. The van der Waals surface area contributed by atoms with Crippen LogP contribution in [0.3, 0.4) is 0 Å². The van der Waals surface area contributed by atoms with E-state index in [2.05, 4.69) is 0 Å². The molecule has 1 aromatic heterocycles. The topological polar surface area (TPSA) is 25.2 Å². The van der Waals surface area contributed by atoms with E-state index in [9.17, 15) is 5.11 Å². The summed E-state index contributed by atoms with van der Waals surface area (Å²) in [7, 11) is 0. The van der Waals surface area contributed by atoms with Crippen LogP contribution in [0.15, 0.2) is 54.7 Å². The van der Waals surface area contributed by atoms with Crippen molar-refractivity contribution in [2.24, 2.45) is 0 Å². The van der Waals surface area contributed by atoms with Gasteiger partial charge in [0.15, 0.2) is 5.88 Å². The Morgan fingerprint density at radius 3 is 2.61 bits per heavy atom. The minimum absolute atomic E-state index is 0.261. The van der Waals surface area contributed by atoms with E-state index in [1.54, 1.807) is 6.07 Å². The Bertz CT molecular complexity index is 688. The normalized spacial score (nSPS) is 10.9. The molecule has 0 amide bonds. The molecule has 0 aliphatic heterocycles. The second kappa shape index (κ2) is 4.39. The molecule has 3 aromatic rings. The van der Waals surface area contributed by atoms with Crippen LogP contribution in [0.4, 0.5) is 0 Å². The lowest BCUT2D eigenvalue weighted by Gasteiger charge is -2.04. The van der Waals surface area contributed by atoms with Crippen molar-refractivity contribution in [3.8, 4) is 5.88 Å². The summed E-state index contributed by atoms with van der Waals surface area (Å²) < 4.78 is 1.83. The highest BCUT2D eigenvalue weighted by Gasteiger charge is 2.08. The number of fused-ring (bicyclic) bond motifs is 1. The van der Waals surface area contributed by atoms with Crippen LogP contribution >= 0.6 is 11.6 Å². The molecule has 0 unspecified atom stereocenters. The molecule has 0 spiro atoms. The lowest BCUT2D eigenvalue weighted by atomic mass is 10.2. The molecule has 2 aromatic carbocycles. The monoisotopic (exact) mass is 257 g/mol. The summed E-state index contributed by atoms with van der Waals surface area (Å²) in [4.78, 5) is 0. The molecule has 1 heterocycles. The molecule has 2 nitrogen and oxygen atoms in total. The van der Waals surface area contributed by atoms with Crippen molar-refractivity contribution in [3.63, 3.8) is 0 Å². The maximum absolute atomic E-state index is 10.2. The molecule has 0 saturated heterocycles. The quantitative estimate of drug-likeness (QED) is 0.736. The standard InChI is InChI=1S/C15H12ClNO/c16-13-7-6-12-10-17(15(18)14(12)8-13)9-11-4-2-1-3-5-11/h1-8,10,18H,9H2. The van der Waals surface area contributed by atoms with Gasteiger partial charge in [-0.3, -0.25) is 0 Å². The van der Waals surface area contributed by atoms with Gasteiger partial charge in [0.25, 0.3) is 0 Å². The molecule has 0 radical (unpaired) electrons. The highest BCUT2D eigenvalue weighted by Crippen LogP contribution is 2.30. The smallest absolute Gasteiger partial charge is 0.199 e. The second-order valence-corrected chi connectivity index (χ2v) is 4.73. The number of hydrogen-bond donors (Lipinski definition) is 1. The van der Waals surface area contributed by atoms with Gasteiger partial charge in [0.1, 0.15) is 0 Å². The van der Waals surface area contributed by atoms with Crippen LogP contribution in [0.5, 0.6) is 5.88 Å². The molecular formula is C15H12ClNO. The molecule has 18 heavy (non-hydrogen) atoms. The first kappa shape index (κ1) is 11.2. The van der Waals surface area contributed by atoms with Gasteiger partial charge < -0.3 is 9.67 Å².